The zero-order valence-electron chi connectivity index (χ0n) is 5.80. The van der Waals surface area contributed by atoms with Gasteiger partial charge in [0.25, 0.3) is 0 Å². The van der Waals surface area contributed by atoms with Crippen molar-refractivity contribution < 1.29 is 28.3 Å². The van der Waals surface area contributed by atoms with E-state index in [1.165, 1.54) is 0 Å². The Morgan fingerprint density at radius 1 is 1.36 bits per heavy atom. The minimum absolute atomic E-state index is 0. The van der Waals surface area contributed by atoms with Gasteiger partial charge in [0.1, 0.15) is 4.31 Å². The molecule has 1 N–H and O–H groups in total. The van der Waals surface area contributed by atoms with E-state index in [1.54, 1.807) is 6.92 Å². The van der Waals surface area contributed by atoms with E-state index >= 15 is 0 Å². The van der Waals surface area contributed by atoms with Crippen molar-refractivity contribution in [3.63, 3.8) is 0 Å². The summed E-state index contributed by atoms with van der Waals surface area (Å²) in [5.74, 6) is 0. The molecule has 0 aliphatic rings. The van der Waals surface area contributed by atoms with Crippen molar-refractivity contribution in [2.45, 2.75) is 6.92 Å². The summed E-state index contributed by atoms with van der Waals surface area (Å²) in [5, 5.41) is 7.57. The van der Waals surface area contributed by atoms with Gasteiger partial charge < -0.3 is 14.9 Å². The van der Waals surface area contributed by atoms with Crippen LogP contribution < -0.4 is 9.79 Å². The first-order valence-corrected chi connectivity index (χ1v) is 4.31. The smallest absolute Gasteiger partial charge is 0.563 e. The van der Waals surface area contributed by atoms with Crippen LogP contribution in [-0.4, -0.2) is 49.5 Å². The summed E-state index contributed by atoms with van der Waals surface area (Å²) in [6, 6.07) is 0. The van der Waals surface area contributed by atoms with Crippen LogP contribution >= 0.6 is 16.5 Å². The Bertz CT molecular complexity index is 105. The number of hydrogen-bond acceptors (Lipinski definition) is 6. The van der Waals surface area contributed by atoms with Crippen LogP contribution in [0.4, 0.5) is 0 Å². The first-order valence-electron chi connectivity index (χ1n) is 2.12. The fourth-order valence-corrected chi connectivity index (χ4v) is 0.490. The van der Waals surface area contributed by atoms with Crippen LogP contribution in [0.5, 0.6) is 0 Å². The zero-order chi connectivity index (χ0) is 8.57. The van der Waals surface area contributed by atoms with Crippen LogP contribution in [0.3, 0.4) is 0 Å². The summed E-state index contributed by atoms with van der Waals surface area (Å²) in [4.78, 5) is 18.5. The number of aliphatic hydroxyl groups is 1. The summed E-state index contributed by atoms with van der Waals surface area (Å²) >= 11 is 0. The van der Waals surface area contributed by atoms with E-state index in [0.717, 1.165) is 0 Å². The third-order valence-electron chi connectivity index (χ3n) is 0.133. The van der Waals surface area contributed by atoms with Crippen LogP contribution in [0, 0.1) is 0 Å². The van der Waals surface area contributed by atoms with E-state index in [2.05, 4.69) is 4.31 Å². The molecule has 0 rings (SSSR count). The second-order valence-corrected chi connectivity index (χ2v) is 2.39. The first-order chi connectivity index (χ1) is 4.54. The summed E-state index contributed by atoms with van der Waals surface area (Å²) in [6.07, 6.45) is 0. The molecule has 0 aliphatic carbocycles. The number of rotatable bonds is 2. The molecule has 0 saturated carbocycles. The summed E-state index contributed by atoms with van der Waals surface area (Å²) in [6.45, 7) is 1.93. The molecule has 0 aliphatic heterocycles. The molecule has 0 saturated heterocycles. The van der Waals surface area contributed by atoms with Gasteiger partial charge in [-0.2, -0.15) is 0 Å². The molecule has 2 atom stereocenters. The Kier molecular flexibility index (Phi) is 22.9. The van der Waals surface area contributed by atoms with Crippen molar-refractivity contribution >= 4 is 54.2 Å². The Hall–Kier alpha value is 1.30. The van der Waals surface area contributed by atoms with E-state index in [9.17, 15) is 18.9 Å². The van der Waals surface area contributed by atoms with Crippen molar-refractivity contribution in [2.75, 3.05) is 6.61 Å². The van der Waals surface area contributed by atoms with Gasteiger partial charge >= 0.3 is 54.2 Å². The Morgan fingerprint density at radius 2 is 1.55 bits per heavy atom. The number of hydrogen-bond donors (Lipinski definition) is 1. The Labute approximate surface area is 95.5 Å². The molecular weight excluding hydrogens is 222 g/mol. The SMILES string of the molecule is CCO.O=[P+]([O-])O[P+](=O)[O-].[Ca+2]. The molecule has 0 bridgehead atoms. The average molecular weight is 228 g/mol. The maximum absolute atomic E-state index is 9.24. The van der Waals surface area contributed by atoms with Gasteiger partial charge in [-0.3, -0.25) is 0 Å². The van der Waals surface area contributed by atoms with Gasteiger partial charge in [-0.15, -0.1) is 0 Å². The maximum Gasteiger partial charge on any atom is 2.00 e. The quantitative estimate of drug-likeness (QED) is 0.462. The first kappa shape index (κ1) is 18.2. The second kappa shape index (κ2) is 13.9. The standard InChI is InChI=1S/C2H6O.Ca.O5P2/c1-2-3;;1-6(2)5-7(3)4/h3H,2H2,1H3;;/q;+2;. The van der Waals surface area contributed by atoms with Gasteiger partial charge in [0.2, 0.25) is 0 Å². The largest absolute Gasteiger partial charge is 2.00 e. The zero-order valence-corrected chi connectivity index (χ0v) is 9.79. The van der Waals surface area contributed by atoms with Crippen molar-refractivity contribution in [3.05, 3.63) is 0 Å². The third-order valence-corrected chi connectivity index (χ3v) is 1.20. The molecule has 0 spiro atoms. The van der Waals surface area contributed by atoms with Gasteiger partial charge in [-0.1, -0.05) is 0 Å². The third kappa shape index (κ3) is 34.8. The van der Waals surface area contributed by atoms with Crippen molar-refractivity contribution in [1.82, 2.24) is 0 Å². The molecule has 0 aromatic carbocycles. The number of aliphatic hydroxyl groups excluding tert-OH is 1. The van der Waals surface area contributed by atoms with E-state index in [0.29, 0.717) is 0 Å². The molecule has 0 heterocycles. The van der Waals surface area contributed by atoms with Gasteiger partial charge in [0.15, 0.2) is 0 Å². The topological polar surface area (TPSA) is 110 Å². The van der Waals surface area contributed by atoms with Gasteiger partial charge in [0, 0.05) is 6.61 Å². The van der Waals surface area contributed by atoms with Crippen molar-refractivity contribution in [2.24, 2.45) is 0 Å². The van der Waals surface area contributed by atoms with Gasteiger partial charge in [-0.25, -0.2) is 0 Å². The van der Waals surface area contributed by atoms with Gasteiger partial charge in [0.05, 0.1) is 0 Å². The molecule has 0 aromatic heterocycles. The summed E-state index contributed by atoms with van der Waals surface area (Å²) < 4.78 is 21.6. The average Bonchev–Trinajstić information content (AvgIpc) is 1.62. The molecule has 2 unspecified atom stereocenters. The molecule has 11 heavy (non-hydrogen) atoms. The monoisotopic (exact) mass is 228 g/mol. The normalized spacial score (nSPS) is 10.2. The Balaban J connectivity index is -0.000000140. The molecule has 60 valence electrons. The predicted molar refractivity (Wildman–Crippen MR) is 34.8 cm³/mol. The van der Waals surface area contributed by atoms with Crippen LogP contribution in [0.2, 0.25) is 0 Å². The minimum atomic E-state index is -3.24. The van der Waals surface area contributed by atoms with Crippen molar-refractivity contribution in [3.8, 4) is 0 Å². The van der Waals surface area contributed by atoms with E-state index in [-0.39, 0.29) is 44.3 Å². The predicted octanol–water partition coefficient (Wildman–Crippen LogP) is -1.34. The van der Waals surface area contributed by atoms with E-state index in [1.807, 2.05) is 0 Å². The summed E-state index contributed by atoms with van der Waals surface area (Å²) in [7, 11) is -6.47. The molecule has 0 amide bonds. The molecular formula is C2H6CaO6P2+2. The van der Waals surface area contributed by atoms with E-state index < -0.39 is 16.5 Å². The Morgan fingerprint density at radius 3 is 1.55 bits per heavy atom. The molecule has 6 nitrogen and oxygen atoms in total. The summed E-state index contributed by atoms with van der Waals surface area (Å²) in [5.41, 5.74) is 0. The van der Waals surface area contributed by atoms with Crippen molar-refractivity contribution in [1.29, 1.82) is 0 Å². The maximum atomic E-state index is 9.24. The van der Waals surface area contributed by atoms with E-state index in [4.69, 9.17) is 5.11 Å². The second-order valence-electron chi connectivity index (χ2n) is 0.845. The minimum Gasteiger partial charge on any atom is -0.563 e. The fraction of sp³-hybridized carbons (Fsp3) is 1.00. The fourth-order valence-electron chi connectivity index (χ4n) is 0.0544. The molecule has 0 fully saturated rings. The van der Waals surface area contributed by atoms with Gasteiger partial charge in [-0.05, 0) is 16.1 Å². The van der Waals surface area contributed by atoms with Crippen LogP contribution in [0.25, 0.3) is 0 Å². The molecule has 0 radical (unpaired) electrons. The molecule has 9 heteroatoms. The van der Waals surface area contributed by atoms with Crippen LogP contribution in [0.1, 0.15) is 6.92 Å². The molecule has 0 aromatic rings. The van der Waals surface area contributed by atoms with Crippen LogP contribution in [-0.2, 0) is 13.4 Å². The van der Waals surface area contributed by atoms with Crippen LogP contribution in [0.15, 0.2) is 0 Å².